The van der Waals surface area contributed by atoms with Gasteiger partial charge in [-0.15, -0.1) is 0 Å². The summed E-state index contributed by atoms with van der Waals surface area (Å²) in [5.41, 5.74) is 1.43. The van der Waals surface area contributed by atoms with Crippen molar-refractivity contribution >= 4 is 23.1 Å². The van der Waals surface area contributed by atoms with Crippen LogP contribution in [-0.2, 0) is 6.42 Å². The second kappa shape index (κ2) is 9.04. The number of rotatable bonds is 3. The third-order valence-corrected chi connectivity index (χ3v) is 2.07. The summed E-state index contributed by atoms with van der Waals surface area (Å²) in [6.07, 6.45) is 2.46. The van der Waals surface area contributed by atoms with Gasteiger partial charge in [-0.25, -0.2) is 0 Å². The molecule has 0 unspecified atom stereocenters. The molecule has 13 heavy (non-hydrogen) atoms. The molecule has 0 saturated carbocycles. The molecule has 1 atom stereocenters. The van der Waals surface area contributed by atoms with Crippen molar-refractivity contribution in [2.24, 2.45) is 5.92 Å². The maximum atomic E-state index is 3.02. The molecule has 2 heteroatoms. The Kier molecular flexibility index (Phi) is 11.1. The van der Waals surface area contributed by atoms with Crippen LogP contribution in [0.3, 0.4) is 0 Å². The number of hydrogen-bond donors (Lipinski definition) is 0. The van der Waals surface area contributed by atoms with E-state index in [-0.39, 0.29) is 40.0 Å². The molecule has 0 N–H and O–H groups in total. The maximum Gasteiger partial charge on any atom is 2.00 e. The van der Waals surface area contributed by atoms with Crippen molar-refractivity contribution in [3.63, 3.8) is 0 Å². The molecule has 0 aliphatic heterocycles. The predicted molar refractivity (Wildman–Crippen MR) is 54.2 cm³/mol. The quantitative estimate of drug-likeness (QED) is 0.511. The minimum atomic E-state index is 0. The van der Waals surface area contributed by atoms with Gasteiger partial charge in [-0.3, -0.25) is 0 Å². The summed E-state index contributed by atoms with van der Waals surface area (Å²) in [4.78, 5) is 0. The Hall–Kier alpha value is 0.466. The van der Waals surface area contributed by atoms with E-state index in [0.29, 0.717) is 0 Å². The largest absolute Gasteiger partial charge is 2.00 e. The van der Waals surface area contributed by atoms with Crippen LogP contribution in [-0.4, -0.2) is 23.1 Å². The van der Waals surface area contributed by atoms with Crippen LogP contribution in [0.15, 0.2) is 24.3 Å². The number of benzene rings is 1. The van der Waals surface area contributed by atoms with E-state index in [4.69, 9.17) is 0 Å². The second-order valence-electron chi connectivity index (χ2n) is 3.13. The summed E-state index contributed by atoms with van der Waals surface area (Å²) >= 11 is 0. The number of hydrogen-bond acceptors (Lipinski definition) is 0. The molecule has 0 spiro atoms. The van der Waals surface area contributed by atoms with Crippen LogP contribution in [0.25, 0.3) is 0 Å². The second-order valence-corrected chi connectivity index (χ2v) is 3.13. The molecule has 0 nitrogen and oxygen atoms in total. The number of halogens is 1. The zero-order chi connectivity index (χ0) is 8.10. The van der Waals surface area contributed by atoms with Crippen molar-refractivity contribution in [1.29, 1.82) is 0 Å². The molecule has 1 aromatic carbocycles. The third kappa shape index (κ3) is 6.53. The van der Waals surface area contributed by atoms with Crippen molar-refractivity contribution in [2.45, 2.75) is 26.7 Å². The van der Waals surface area contributed by atoms with E-state index in [2.05, 4.69) is 32.0 Å². The monoisotopic (exact) mass is 250 g/mol. The third-order valence-electron chi connectivity index (χ3n) is 2.07. The van der Waals surface area contributed by atoms with Gasteiger partial charge < -0.3 is 17.0 Å². The fourth-order valence-corrected chi connectivity index (χ4v) is 1.10. The molecule has 1 rings (SSSR count). The van der Waals surface area contributed by atoms with E-state index in [9.17, 15) is 0 Å². The van der Waals surface area contributed by atoms with E-state index in [1.165, 1.54) is 18.4 Å². The van der Waals surface area contributed by atoms with E-state index in [0.717, 1.165) is 5.92 Å². The van der Waals surface area contributed by atoms with Gasteiger partial charge in [0.2, 0.25) is 0 Å². The first-order valence-electron chi connectivity index (χ1n) is 4.28. The molecular weight excluding hydrogens is 236 g/mol. The van der Waals surface area contributed by atoms with Crippen LogP contribution in [0.5, 0.6) is 0 Å². The van der Waals surface area contributed by atoms with Crippen LogP contribution in [0.2, 0.25) is 0 Å². The van der Waals surface area contributed by atoms with Crippen LogP contribution in [0.1, 0.15) is 25.8 Å². The van der Waals surface area contributed by atoms with Gasteiger partial charge in [-0.05, 0) is 12.3 Å². The van der Waals surface area contributed by atoms with Crippen molar-refractivity contribution in [1.82, 2.24) is 0 Å². The molecule has 0 aliphatic carbocycles. The van der Waals surface area contributed by atoms with Crippen molar-refractivity contribution in [2.75, 3.05) is 0 Å². The molecule has 1 aromatic rings. The van der Waals surface area contributed by atoms with Crippen LogP contribution < -0.4 is 17.0 Å². The molecular formula is C11H15BrMg. The first-order chi connectivity index (χ1) is 5.33. The molecule has 0 radical (unpaired) electrons. The minimum absolute atomic E-state index is 0. The van der Waals surface area contributed by atoms with Crippen molar-refractivity contribution in [3.05, 3.63) is 35.9 Å². The molecule has 68 valence electrons. The summed E-state index contributed by atoms with van der Waals surface area (Å²) in [6, 6.07) is 11.3. The molecule has 0 saturated heterocycles. The Balaban J connectivity index is 0. The zero-order valence-electron chi connectivity index (χ0n) is 8.39. The summed E-state index contributed by atoms with van der Waals surface area (Å²) in [5.74, 6) is 0.803. The van der Waals surface area contributed by atoms with Gasteiger partial charge in [0.05, 0.1) is 0 Å². The summed E-state index contributed by atoms with van der Waals surface area (Å²) in [6.45, 7) is 4.52. The Labute approximate surface area is 108 Å². The maximum absolute atomic E-state index is 3.02. The summed E-state index contributed by atoms with van der Waals surface area (Å²) < 4.78 is 0. The molecule has 0 aromatic heterocycles. The van der Waals surface area contributed by atoms with Crippen LogP contribution in [0.4, 0.5) is 0 Å². The van der Waals surface area contributed by atoms with E-state index < -0.39 is 0 Å². The van der Waals surface area contributed by atoms with Gasteiger partial charge >= 0.3 is 23.1 Å². The average Bonchev–Trinajstić information content (AvgIpc) is 2.06. The fraction of sp³-hybridized carbons (Fsp3) is 0.455. The normalized spacial score (nSPS) is 10.9. The zero-order valence-corrected chi connectivity index (χ0v) is 11.4. The standard InChI is InChI=1S/C11H15.BrH.Mg/c1-3-10(2)9-11-7-5-4-6-8-11;;/h5-8,10H,3,9H2,1-2H3;1H;/q-1;;+2/p-1/t10-;;/m0../s1. The predicted octanol–water partition coefficient (Wildman–Crippen LogP) is -0.301. The fourth-order valence-electron chi connectivity index (χ4n) is 1.10. The van der Waals surface area contributed by atoms with Gasteiger partial charge in [0.1, 0.15) is 0 Å². The topological polar surface area (TPSA) is 0 Å². The van der Waals surface area contributed by atoms with E-state index in [1.54, 1.807) is 0 Å². The Morgan fingerprint density at radius 1 is 1.31 bits per heavy atom. The van der Waals surface area contributed by atoms with Gasteiger partial charge in [0, 0.05) is 0 Å². The van der Waals surface area contributed by atoms with E-state index in [1.807, 2.05) is 12.1 Å². The summed E-state index contributed by atoms with van der Waals surface area (Å²) in [5, 5.41) is 0. The molecule has 0 bridgehead atoms. The Morgan fingerprint density at radius 2 is 1.85 bits per heavy atom. The van der Waals surface area contributed by atoms with Gasteiger partial charge in [0.25, 0.3) is 0 Å². The smallest absolute Gasteiger partial charge is 1.00 e. The van der Waals surface area contributed by atoms with E-state index >= 15 is 0 Å². The van der Waals surface area contributed by atoms with Gasteiger partial charge in [-0.2, -0.15) is 35.9 Å². The Bertz CT molecular complexity index is 199. The molecule has 0 aliphatic rings. The minimum Gasteiger partial charge on any atom is -1.00 e. The van der Waals surface area contributed by atoms with Gasteiger partial charge in [0.15, 0.2) is 0 Å². The summed E-state index contributed by atoms with van der Waals surface area (Å²) in [7, 11) is 0. The molecule has 0 fully saturated rings. The first kappa shape index (κ1) is 15.9. The molecule has 0 heterocycles. The molecule has 0 amide bonds. The van der Waals surface area contributed by atoms with Crippen molar-refractivity contribution in [3.8, 4) is 0 Å². The van der Waals surface area contributed by atoms with Crippen LogP contribution >= 0.6 is 0 Å². The van der Waals surface area contributed by atoms with Crippen molar-refractivity contribution < 1.29 is 17.0 Å². The average molecular weight is 251 g/mol. The Morgan fingerprint density at radius 3 is 2.31 bits per heavy atom. The van der Waals surface area contributed by atoms with Crippen LogP contribution in [0, 0.1) is 12.0 Å². The van der Waals surface area contributed by atoms with Gasteiger partial charge in [-0.1, -0.05) is 20.3 Å². The SMILES string of the molecule is CC[C@H](C)Cc1cc[c-]cc1.[Br-].[Mg+2]. The first-order valence-corrected chi connectivity index (χ1v) is 4.28.